The third kappa shape index (κ3) is 5.84. The molecular formula is C17H24FNO3. The monoisotopic (exact) mass is 309 g/mol. The van der Waals surface area contributed by atoms with Crippen LogP contribution in [-0.2, 0) is 9.59 Å². The molecular weight excluding hydrogens is 285 g/mol. The highest BCUT2D eigenvalue weighted by atomic mass is 19.1. The number of hydrogen-bond acceptors (Lipinski definition) is 2. The predicted molar refractivity (Wildman–Crippen MR) is 83.1 cm³/mol. The van der Waals surface area contributed by atoms with Crippen LogP contribution in [0.1, 0.15) is 45.1 Å². The summed E-state index contributed by atoms with van der Waals surface area (Å²) in [6.45, 7) is 6.45. The molecule has 0 spiro atoms. The fourth-order valence-corrected chi connectivity index (χ4v) is 2.36. The van der Waals surface area contributed by atoms with Crippen LogP contribution in [0.4, 0.5) is 4.39 Å². The minimum Gasteiger partial charge on any atom is -0.481 e. The second kappa shape index (κ2) is 8.51. The van der Waals surface area contributed by atoms with E-state index in [0.29, 0.717) is 12.1 Å². The van der Waals surface area contributed by atoms with E-state index in [-0.39, 0.29) is 42.9 Å². The molecule has 0 heterocycles. The maximum absolute atomic E-state index is 13.8. The maximum Gasteiger partial charge on any atom is 0.305 e. The highest BCUT2D eigenvalue weighted by Gasteiger charge is 2.20. The van der Waals surface area contributed by atoms with Crippen molar-refractivity contribution in [3.05, 3.63) is 35.6 Å². The topological polar surface area (TPSA) is 57.6 Å². The van der Waals surface area contributed by atoms with Crippen molar-refractivity contribution in [3.63, 3.8) is 0 Å². The number of rotatable bonds is 8. The molecule has 1 atom stereocenters. The zero-order chi connectivity index (χ0) is 16.7. The van der Waals surface area contributed by atoms with E-state index in [2.05, 4.69) is 0 Å². The summed E-state index contributed by atoms with van der Waals surface area (Å²) in [5.41, 5.74) is 0.513. The summed E-state index contributed by atoms with van der Waals surface area (Å²) in [5.74, 6) is -1.37. The van der Waals surface area contributed by atoms with Crippen LogP contribution in [0.3, 0.4) is 0 Å². The van der Waals surface area contributed by atoms with Gasteiger partial charge in [0.2, 0.25) is 5.91 Å². The number of carboxylic acids is 1. The van der Waals surface area contributed by atoms with Gasteiger partial charge in [-0.15, -0.1) is 0 Å². The maximum atomic E-state index is 13.8. The molecule has 1 rings (SSSR count). The average molecular weight is 309 g/mol. The van der Waals surface area contributed by atoms with Gasteiger partial charge in [-0.2, -0.15) is 0 Å². The second-order valence-electron chi connectivity index (χ2n) is 6.00. The summed E-state index contributed by atoms with van der Waals surface area (Å²) in [4.78, 5) is 24.7. The Kier molecular flexibility index (Phi) is 7.02. The van der Waals surface area contributed by atoms with Crippen molar-refractivity contribution in [1.29, 1.82) is 0 Å². The standard InChI is InChI=1S/C17H24FNO3/c1-12(2)11-19(9-8-17(21)22)16(20)10-13(3)14-6-4-5-7-15(14)18/h4-7,12-13H,8-11H2,1-3H3,(H,21,22). The van der Waals surface area contributed by atoms with Crippen molar-refractivity contribution >= 4 is 11.9 Å². The molecule has 0 aliphatic carbocycles. The molecule has 5 heteroatoms. The third-order valence-electron chi connectivity index (χ3n) is 3.45. The molecule has 0 saturated heterocycles. The number of carbonyl (C=O) groups excluding carboxylic acids is 1. The van der Waals surface area contributed by atoms with E-state index in [4.69, 9.17) is 5.11 Å². The van der Waals surface area contributed by atoms with Crippen LogP contribution in [0.15, 0.2) is 24.3 Å². The number of nitrogens with zero attached hydrogens (tertiary/aromatic N) is 1. The Balaban J connectivity index is 2.72. The smallest absolute Gasteiger partial charge is 0.305 e. The first-order valence-electron chi connectivity index (χ1n) is 7.55. The SMILES string of the molecule is CC(C)CN(CCC(=O)O)C(=O)CC(C)c1ccccc1F. The van der Waals surface area contributed by atoms with Gasteiger partial charge < -0.3 is 10.0 Å². The molecule has 0 fully saturated rings. The summed E-state index contributed by atoms with van der Waals surface area (Å²) in [6.07, 6.45) is 0.0970. The van der Waals surface area contributed by atoms with Crippen molar-refractivity contribution in [2.75, 3.05) is 13.1 Å². The predicted octanol–water partition coefficient (Wildman–Crippen LogP) is 3.28. The van der Waals surface area contributed by atoms with E-state index in [1.165, 1.54) is 6.07 Å². The molecule has 1 N–H and O–H groups in total. The Morgan fingerprint density at radius 3 is 2.41 bits per heavy atom. The Morgan fingerprint density at radius 2 is 1.86 bits per heavy atom. The first kappa shape index (κ1) is 18.1. The highest BCUT2D eigenvalue weighted by molar-refractivity contribution is 5.78. The molecule has 22 heavy (non-hydrogen) atoms. The normalized spacial score (nSPS) is 12.2. The van der Waals surface area contributed by atoms with Crippen molar-refractivity contribution in [2.24, 2.45) is 5.92 Å². The Morgan fingerprint density at radius 1 is 1.23 bits per heavy atom. The largest absolute Gasteiger partial charge is 0.481 e. The Hall–Kier alpha value is -1.91. The van der Waals surface area contributed by atoms with E-state index < -0.39 is 5.97 Å². The third-order valence-corrected chi connectivity index (χ3v) is 3.45. The van der Waals surface area contributed by atoms with E-state index in [0.717, 1.165) is 0 Å². The van der Waals surface area contributed by atoms with E-state index in [9.17, 15) is 14.0 Å². The number of hydrogen-bond donors (Lipinski definition) is 1. The number of benzene rings is 1. The molecule has 0 aliphatic heterocycles. The van der Waals surface area contributed by atoms with Crippen LogP contribution < -0.4 is 0 Å². The number of carbonyl (C=O) groups is 2. The summed E-state index contributed by atoms with van der Waals surface area (Å²) in [6, 6.07) is 6.42. The van der Waals surface area contributed by atoms with Gasteiger partial charge in [-0.05, 0) is 23.5 Å². The second-order valence-corrected chi connectivity index (χ2v) is 6.00. The number of aliphatic carboxylic acids is 1. The van der Waals surface area contributed by atoms with Gasteiger partial charge in [0.25, 0.3) is 0 Å². The Labute approximate surface area is 130 Å². The lowest BCUT2D eigenvalue weighted by Gasteiger charge is -2.25. The summed E-state index contributed by atoms with van der Waals surface area (Å²) < 4.78 is 13.8. The molecule has 0 saturated carbocycles. The molecule has 0 radical (unpaired) electrons. The zero-order valence-electron chi connectivity index (χ0n) is 13.4. The number of carboxylic acid groups (broad SMARTS) is 1. The van der Waals surface area contributed by atoms with E-state index in [1.807, 2.05) is 13.8 Å². The summed E-state index contributed by atoms with van der Waals surface area (Å²) in [7, 11) is 0. The summed E-state index contributed by atoms with van der Waals surface area (Å²) >= 11 is 0. The molecule has 1 unspecified atom stereocenters. The molecule has 1 aromatic carbocycles. The fourth-order valence-electron chi connectivity index (χ4n) is 2.36. The fraction of sp³-hybridized carbons (Fsp3) is 0.529. The molecule has 0 bridgehead atoms. The quantitative estimate of drug-likeness (QED) is 0.801. The van der Waals surface area contributed by atoms with Gasteiger partial charge in [-0.3, -0.25) is 9.59 Å². The van der Waals surface area contributed by atoms with Gasteiger partial charge in [0.1, 0.15) is 5.82 Å². The van der Waals surface area contributed by atoms with Crippen LogP contribution in [-0.4, -0.2) is 35.0 Å². The lowest BCUT2D eigenvalue weighted by Crippen LogP contribution is -2.36. The van der Waals surface area contributed by atoms with Crippen molar-refractivity contribution in [3.8, 4) is 0 Å². The van der Waals surface area contributed by atoms with Crippen molar-refractivity contribution in [2.45, 2.75) is 39.5 Å². The highest BCUT2D eigenvalue weighted by Crippen LogP contribution is 2.23. The molecule has 1 amide bonds. The van der Waals surface area contributed by atoms with Crippen LogP contribution in [0, 0.1) is 11.7 Å². The molecule has 0 aromatic heterocycles. The molecule has 4 nitrogen and oxygen atoms in total. The van der Waals surface area contributed by atoms with Crippen LogP contribution >= 0.6 is 0 Å². The number of amides is 1. The van der Waals surface area contributed by atoms with E-state index in [1.54, 1.807) is 30.0 Å². The van der Waals surface area contributed by atoms with Gasteiger partial charge >= 0.3 is 5.97 Å². The van der Waals surface area contributed by atoms with Crippen molar-refractivity contribution < 1.29 is 19.1 Å². The first-order valence-corrected chi connectivity index (χ1v) is 7.55. The minimum absolute atomic E-state index is 0.0768. The van der Waals surface area contributed by atoms with Crippen molar-refractivity contribution in [1.82, 2.24) is 4.90 Å². The summed E-state index contributed by atoms with van der Waals surface area (Å²) in [5, 5.41) is 8.79. The lowest BCUT2D eigenvalue weighted by atomic mass is 9.96. The van der Waals surface area contributed by atoms with E-state index >= 15 is 0 Å². The molecule has 1 aromatic rings. The van der Waals surface area contributed by atoms with Crippen LogP contribution in [0.2, 0.25) is 0 Å². The first-order chi connectivity index (χ1) is 10.3. The van der Waals surface area contributed by atoms with Gasteiger partial charge in [0.05, 0.1) is 6.42 Å². The average Bonchev–Trinajstić information content (AvgIpc) is 2.43. The van der Waals surface area contributed by atoms with Gasteiger partial charge in [-0.1, -0.05) is 39.0 Å². The lowest BCUT2D eigenvalue weighted by molar-refractivity contribution is -0.138. The van der Waals surface area contributed by atoms with Gasteiger partial charge in [0.15, 0.2) is 0 Å². The molecule has 0 aliphatic rings. The van der Waals surface area contributed by atoms with Gasteiger partial charge in [0, 0.05) is 19.5 Å². The number of halogens is 1. The molecule has 122 valence electrons. The van der Waals surface area contributed by atoms with Gasteiger partial charge in [-0.25, -0.2) is 4.39 Å². The van der Waals surface area contributed by atoms with Crippen LogP contribution in [0.5, 0.6) is 0 Å². The minimum atomic E-state index is -0.927. The zero-order valence-corrected chi connectivity index (χ0v) is 13.4. The Bertz CT molecular complexity index is 516. The van der Waals surface area contributed by atoms with Crippen LogP contribution in [0.25, 0.3) is 0 Å².